The van der Waals surface area contributed by atoms with Gasteiger partial charge in [-0.05, 0) is 43.0 Å². The molecule has 0 saturated carbocycles. The van der Waals surface area contributed by atoms with Gasteiger partial charge in [0.05, 0.1) is 4.90 Å². The minimum absolute atomic E-state index is 0.0432. The lowest BCUT2D eigenvalue weighted by Crippen LogP contribution is -2.38. The number of rotatable bonds is 9. The van der Waals surface area contributed by atoms with Crippen LogP contribution in [0.25, 0.3) is 0 Å². The molecule has 1 aromatic rings. The van der Waals surface area contributed by atoms with E-state index in [2.05, 4.69) is 19.2 Å². The normalized spacial score (nSPS) is 13.3. The molecular formula is C17H27FN2O3S. The average Bonchev–Trinajstić information content (AvgIpc) is 2.52. The van der Waals surface area contributed by atoms with E-state index in [0.29, 0.717) is 12.3 Å². The average molecular weight is 358 g/mol. The molecule has 1 unspecified atom stereocenters. The van der Waals surface area contributed by atoms with Crippen LogP contribution in [0, 0.1) is 11.7 Å². The van der Waals surface area contributed by atoms with Gasteiger partial charge in [0.1, 0.15) is 5.82 Å². The maximum atomic E-state index is 12.9. The Morgan fingerprint density at radius 3 is 2.33 bits per heavy atom. The SMILES string of the molecule is CCC(NC(=O)CCCN(C)S(=O)(=O)c1ccc(F)cc1)C(C)C. The molecule has 0 bridgehead atoms. The van der Waals surface area contributed by atoms with Gasteiger partial charge < -0.3 is 5.32 Å². The highest BCUT2D eigenvalue weighted by Crippen LogP contribution is 2.15. The molecule has 7 heteroatoms. The molecule has 0 aliphatic heterocycles. The van der Waals surface area contributed by atoms with Crippen molar-refractivity contribution in [3.05, 3.63) is 30.1 Å². The van der Waals surface area contributed by atoms with Crippen molar-refractivity contribution in [2.45, 2.75) is 51.0 Å². The summed E-state index contributed by atoms with van der Waals surface area (Å²) in [7, 11) is -2.20. The Labute approximate surface area is 144 Å². The fourth-order valence-electron chi connectivity index (χ4n) is 2.39. The zero-order valence-electron chi connectivity index (χ0n) is 14.8. The Kier molecular flexibility index (Phi) is 7.83. The molecule has 0 fully saturated rings. The molecule has 0 radical (unpaired) electrons. The van der Waals surface area contributed by atoms with Crippen molar-refractivity contribution in [3.63, 3.8) is 0 Å². The maximum Gasteiger partial charge on any atom is 0.242 e. The van der Waals surface area contributed by atoms with Crippen molar-refractivity contribution in [3.8, 4) is 0 Å². The standard InChI is InChI=1S/C17H27FN2O3S/c1-5-16(13(2)3)19-17(21)7-6-12-20(4)24(22,23)15-10-8-14(18)9-11-15/h8-11,13,16H,5-7,12H2,1-4H3,(H,19,21). The summed E-state index contributed by atoms with van der Waals surface area (Å²) in [6, 6.07) is 4.85. The van der Waals surface area contributed by atoms with Gasteiger partial charge in [0, 0.05) is 26.1 Å². The van der Waals surface area contributed by atoms with Gasteiger partial charge in [-0.2, -0.15) is 0 Å². The zero-order chi connectivity index (χ0) is 18.3. The van der Waals surface area contributed by atoms with Crippen molar-refractivity contribution in [2.75, 3.05) is 13.6 Å². The second-order valence-electron chi connectivity index (χ2n) is 6.21. The first-order valence-corrected chi connectivity index (χ1v) is 9.63. The van der Waals surface area contributed by atoms with Crippen LogP contribution in [0.4, 0.5) is 4.39 Å². The van der Waals surface area contributed by atoms with Crippen LogP contribution in [-0.4, -0.2) is 38.3 Å². The highest BCUT2D eigenvalue weighted by atomic mass is 32.2. The van der Waals surface area contributed by atoms with E-state index in [0.717, 1.165) is 18.6 Å². The maximum absolute atomic E-state index is 12.9. The van der Waals surface area contributed by atoms with E-state index in [1.807, 2.05) is 6.92 Å². The molecule has 0 aromatic heterocycles. The van der Waals surface area contributed by atoms with E-state index in [9.17, 15) is 17.6 Å². The molecule has 1 N–H and O–H groups in total. The number of sulfonamides is 1. The van der Waals surface area contributed by atoms with Crippen LogP contribution < -0.4 is 5.32 Å². The monoisotopic (exact) mass is 358 g/mol. The molecule has 24 heavy (non-hydrogen) atoms. The van der Waals surface area contributed by atoms with E-state index in [4.69, 9.17) is 0 Å². The fourth-order valence-corrected chi connectivity index (χ4v) is 3.60. The topological polar surface area (TPSA) is 66.5 Å². The first kappa shape index (κ1) is 20.6. The summed E-state index contributed by atoms with van der Waals surface area (Å²) in [6.45, 7) is 6.36. The molecule has 1 atom stereocenters. The Bertz CT molecular complexity index is 630. The summed E-state index contributed by atoms with van der Waals surface area (Å²) in [5.41, 5.74) is 0. The largest absolute Gasteiger partial charge is 0.353 e. The Hall–Kier alpha value is -1.47. The fraction of sp³-hybridized carbons (Fsp3) is 0.588. The van der Waals surface area contributed by atoms with E-state index in [-0.39, 0.29) is 29.8 Å². The number of amides is 1. The number of carbonyl (C=O) groups excluding carboxylic acids is 1. The van der Waals surface area contributed by atoms with Crippen LogP contribution in [0.2, 0.25) is 0 Å². The van der Waals surface area contributed by atoms with Crippen LogP contribution in [0.15, 0.2) is 29.2 Å². The van der Waals surface area contributed by atoms with Gasteiger partial charge in [0.2, 0.25) is 15.9 Å². The van der Waals surface area contributed by atoms with Crippen molar-refractivity contribution in [2.24, 2.45) is 5.92 Å². The zero-order valence-corrected chi connectivity index (χ0v) is 15.6. The second-order valence-corrected chi connectivity index (χ2v) is 8.26. The van der Waals surface area contributed by atoms with Gasteiger partial charge in [-0.3, -0.25) is 4.79 Å². The number of hydrogen-bond acceptors (Lipinski definition) is 3. The summed E-state index contributed by atoms with van der Waals surface area (Å²) >= 11 is 0. The van der Waals surface area contributed by atoms with E-state index in [1.54, 1.807) is 0 Å². The van der Waals surface area contributed by atoms with Gasteiger partial charge >= 0.3 is 0 Å². The Balaban J connectivity index is 2.52. The van der Waals surface area contributed by atoms with Gasteiger partial charge in [-0.15, -0.1) is 0 Å². The number of nitrogens with one attached hydrogen (secondary N) is 1. The molecule has 1 amide bonds. The van der Waals surface area contributed by atoms with Crippen LogP contribution >= 0.6 is 0 Å². The minimum atomic E-state index is -3.66. The molecule has 0 heterocycles. The quantitative estimate of drug-likeness (QED) is 0.738. The molecule has 1 aromatic carbocycles. The highest BCUT2D eigenvalue weighted by molar-refractivity contribution is 7.89. The Morgan fingerprint density at radius 2 is 1.83 bits per heavy atom. The lowest BCUT2D eigenvalue weighted by atomic mass is 10.0. The Morgan fingerprint density at radius 1 is 1.25 bits per heavy atom. The molecule has 0 aliphatic rings. The number of carbonyl (C=O) groups is 1. The molecule has 0 aliphatic carbocycles. The van der Waals surface area contributed by atoms with Gasteiger partial charge in [0.15, 0.2) is 0 Å². The molecule has 5 nitrogen and oxygen atoms in total. The second kappa shape index (κ2) is 9.13. The first-order chi connectivity index (χ1) is 11.2. The third-order valence-corrected chi connectivity index (χ3v) is 5.86. The van der Waals surface area contributed by atoms with Crippen molar-refractivity contribution >= 4 is 15.9 Å². The molecule has 0 spiro atoms. The van der Waals surface area contributed by atoms with E-state index < -0.39 is 15.8 Å². The van der Waals surface area contributed by atoms with Crippen LogP contribution in [0.1, 0.15) is 40.0 Å². The van der Waals surface area contributed by atoms with Crippen molar-refractivity contribution < 1.29 is 17.6 Å². The number of hydrogen-bond donors (Lipinski definition) is 1. The first-order valence-electron chi connectivity index (χ1n) is 8.19. The lowest BCUT2D eigenvalue weighted by Gasteiger charge is -2.21. The minimum Gasteiger partial charge on any atom is -0.353 e. The van der Waals surface area contributed by atoms with E-state index >= 15 is 0 Å². The molecule has 136 valence electrons. The van der Waals surface area contributed by atoms with Crippen LogP contribution in [0.5, 0.6) is 0 Å². The summed E-state index contributed by atoms with van der Waals surface area (Å²) in [5.74, 6) is -0.187. The predicted octanol–water partition coefficient (Wildman–Crippen LogP) is 2.78. The predicted molar refractivity (Wildman–Crippen MR) is 92.5 cm³/mol. The number of halogens is 1. The summed E-state index contributed by atoms with van der Waals surface area (Å²) < 4.78 is 38.8. The number of benzene rings is 1. The summed E-state index contributed by atoms with van der Waals surface area (Å²) in [5, 5.41) is 2.97. The van der Waals surface area contributed by atoms with Crippen LogP contribution in [-0.2, 0) is 14.8 Å². The molecular weight excluding hydrogens is 331 g/mol. The third kappa shape index (κ3) is 5.87. The van der Waals surface area contributed by atoms with E-state index in [1.165, 1.54) is 23.5 Å². The van der Waals surface area contributed by atoms with Gasteiger partial charge in [0.25, 0.3) is 0 Å². The smallest absolute Gasteiger partial charge is 0.242 e. The molecule has 1 rings (SSSR count). The van der Waals surface area contributed by atoms with Crippen molar-refractivity contribution in [1.82, 2.24) is 9.62 Å². The lowest BCUT2D eigenvalue weighted by molar-refractivity contribution is -0.122. The molecule has 0 saturated heterocycles. The van der Waals surface area contributed by atoms with Crippen molar-refractivity contribution in [1.29, 1.82) is 0 Å². The summed E-state index contributed by atoms with van der Waals surface area (Å²) in [6.07, 6.45) is 1.56. The van der Waals surface area contributed by atoms with Gasteiger partial charge in [-0.1, -0.05) is 20.8 Å². The van der Waals surface area contributed by atoms with Gasteiger partial charge in [-0.25, -0.2) is 17.1 Å². The highest BCUT2D eigenvalue weighted by Gasteiger charge is 2.21. The summed E-state index contributed by atoms with van der Waals surface area (Å²) in [4.78, 5) is 12.0. The third-order valence-electron chi connectivity index (χ3n) is 3.99. The van der Waals surface area contributed by atoms with Crippen LogP contribution in [0.3, 0.4) is 0 Å². The number of nitrogens with zero attached hydrogens (tertiary/aromatic N) is 1.